The zero-order chi connectivity index (χ0) is 24.9. The van der Waals surface area contributed by atoms with Crippen molar-refractivity contribution in [2.75, 3.05) is 6.54 Å². The largest absolute Gasteiger partial charge is 0.351 e. The Kier molecular flexibility index (Phi) is 8.34. The first-order valence-corrected chi connectivity index (χ1v) is 13.6. The van der Waals surface area contributed by atoms with Gasteiger partial charge in [0.2, 0.25) is 26.0 Å². The SMILES string of the molecule is NS(=O)(=O)c1ccc(CNC(=O)CN(Cc2ccccc2)S(=O)(=O)c2cc(Cl)ccc2Cl)cc1. The first-order valence-electron chi connectivity index (χ1n) is 9.84. The number of benzene rings is 3. The van der Waals surface area contributed by atoms with Crippen LogP contribution in [0.3, 0.4) is 0 Å². The molecule has 0 atom stereocenters. The maximum absolute atomic E-state index is 13.4. The van der Waals surface area contributed by atoms with Gasteiger partial charge in [-0.15, -0.1) is 0 Å². The van der Waals surface area contributed by atoms with Gasteiger partial charge in [0.05, 0.1) is 16.5 Å². The van der Waals surface area contributed by atoms with E-state index in [1.807, 2.05) is 0 Å². The van der Waals surface area contributed by atoms with E-state index in [1.54, 1.807) is 30.3 Å². The lowest BCUT2D eigenvalue weighted by Gasteiger charge is -2.22. The Morgan fingerprint density at radius 2 is 1.53 bits per heavy atom. The van der Waals surface area contributed by atoms with Crippen molar-refractivity contribution in [2.24, 2.45) is 5.14 Å². The van der Waals surface area contributed by atoms with Gasteiger partial charge >= 0.3 is 0 Å². The van der Waals surface area contributed by atoms with Crippen LogP contribution in [0.5, 0.6) is 0 Å². The van der Waals surface area contributed by atoms with Gasteiger partial charge < -0.3 is 5.32 Å². The molecule has 0 radical (unpaired) electrons. The molecule has 3 aromatic rings. The second-order valence-electron chi connectivity index (χ2n) is 7.30. The molecule has 0 saturated carbocycles. The number of halogens is 2. The lowest BCUT2D eigenvalue weighted by molar-refractivity contribution is -0.121. The second kappa shape index (κ2) is 10.9. The van der Waals surface area contributed by atoms with E-state index >= 15 is 0 Å². The van der Waals surface area contributed by atoms with Gasteiger partial charge in [-0.1, -0.05) is 65.7 Å². The fourth-order valence-corrected chi connectivity index (χ4v) is 5.68. The molecule has 0 aromatic heterocycles. The number of rotatable bonds is 9. The molecule has 3 aromatic carbocycles. The van der Waals surface area contributed by atoms with E-state index in [-0.39, 0.29) is 32.9 Å². The molecule has 0 saturated heterocycles. The summed E-state index contributed by atoms with van der Waals surface area (Å²) in [6.45, 7) is -0.487. The van der Waals surface area contributed by atoms with Crippen molar-refractivity contribution in [3.8, 4) is 0 Å². The van der Waals surface area contributed by atoms with Crippen molar-refractivity contribution in [3.63, 3.8) is 0 Å². The molecule has 8 nitrogen and oxygen atoms in total. The van der Waals surface area contributed by atoms with Gasteiger partial charge in [0.25, 0.3) is 0 Å². The number of nitrogens with two attached hydrogens (primary N) is 1. The number of hydrogen-bond donors (Lipinski definition) is 2. The highest BCUT2D eigenvalue weighted by molar-refractivity contribution is 7.89. The normalized spacial score (nSPS) is 12.0. The zero-order valence-corrected chi connectivity index (χ0v) is 20.8. The molecule has 180 valence electrons. The molecule has 12 heteroatoms. The van der Waals surface area contributed by atoms with Gasteiger partial charge in [0.1, 0.15) is 4.90 Å². The number of carbonyl (C=O) groups excluding carboxylic acids is 1. The highest BCUT2D eigenvalue weighted by Crippen LogP contribution is 2.28. The lowest BCUT2D eigenvalue weighted by atomic mass is 10.2. The van der Waals surface area contributed by atoms with Crippen molar-refractivity contribution in [1.29, 1.82) is 0 Å². The Labute approximate surface area is 208 Å². The molecule has 0 aliphatic carbocycles. The average Bonchev–Trinajstić information content (AvgIpc) is 2.79. The van der Waals surface area contributed by atoms with Crippen LogP contribution in [0.25, 0.3) is 0 Å². The Morgan fingerprint density at radius 1 is 0.882 bits per heavy atom. The maximum Gasteiger partial charge on any atom is 0.245 e. The summed E-state index contributed by atoms with van der Waals surface area (Å²) in [4.78, 5) is 12.4. The van der Waals surface area contributed by atoms with E-state index in [4.69, 9.17) is 28.3 Å². The van der Waals surface area contributed by atoms with E-state index in [1.165, 1.54) is 42.5 Å². The van der Waals surface area contributed by atoms with Crippen molar-refractivity contribution in [1.82, 2.24) is 9.62 Å². The molecule has 0 fully saturated rings. The van der Waals surface area contributed by atoms with E-state index in [0.29, 0.717) is 11.1 Å². The third-order valence-electron chi connectivity index (χ3n) is 4.77. The number of amides is 1. The predicted octanol–water partition coefficient (Wildman–Crippen LogP) is 3.15. The van der Waals surface area contributed by atoms with Crippen LogP contribution in [0.1, 0.15) is 11.1 Å². The fourth-order valence-electron chi connectivity index (χ4n) is 3.04. The maximum atomic E-state index is 13.4. The summed E-state index contributed by atoms with van der Waals surface area (Å²) in [6, 6.07) is 18.5. The molecule has 0 bridgehead atoms. The Bertz CT molecular complexity index is 1380. The number of carbonyl (C=O) groups is 1. The van der Waals surface area contributed by atoms with Gasteiger partial charge in [-0.3, -0.25) is 4.79 Å². The molecule has 3 rings (SSSR count). The molecule has 0 unspecified atom stereocenters. The molecule has 3 N–H and O–H groups in total. The minimum Gasteiger partial charge on any atom is -0.351 e. The number of nitrogens with one attached hydrogen (secondary N) is 1. The first kappa shape index (κ1) is 26.1. The molecule has 0 aliphatic heterocycles. The molecule has 0 aliphatic rings. The Morgan fingerprint density at radius 3 is 2.15 bits per heavy atom. The Balaban J connectivity index is 1.80. The summed E-state index contributed by atoms with van der Waals surface area (Å²) in [5, 5.41) is 7.89. The van der Waals surface area contributed by atoms with Gasteiger partial charge in [0.15, 0.2) is 0 Å². The monoisotopic (exact) mass is 541 g/mol. The van der Waals surface area contributed by atoms with Gasteiger partial charge in [0, 0.05) is 18.1 Å². The highest BCUT2D eigenvalue weighted by Gasteiger charge is 2.29. The summed E-state index contributed by atoms with van der Waals surface area (Å²) in [5.74, 6) is -0.562. The summed E-state index contributed by atoms with van der Waals surface area (Å²) in [6.07, 6.45) is 0. The lowest BCUT2D eigenvalue weighted by Crippen LogP contribution is -2.40. The molecule has 0 heterocycles. The van der Waals surface area contributed by atoms with E-state index in [0.717, 1.165) is 4.31 Å². The average molecular weight is 542 g/mol. The van der Waals surface area contributed by atoms with Crippen LogP contribution < -0.4 is 10.5 Å². The highest BCUT2D eigenvalue weighted by atomic mass is 35.5. The van der Waals surface area contributed by atoms with E-state index in [9.17, 15) is 21.6 Å². The van der Waals surface area contributed by atoms with Gasteiger partial charge in [-0.05, 0) is 41.5 Å². The van der Waals surface area contributed by atoms with Crippen LogP contribution in [0, 0.1) is 0 Å². The van der Waals surface area contributed by atoms with Crippen LogP contribution in [0.2, 0.25) is 10.0 Å². The molecular formula is C22H21Cl2N3O5S2. The minimum absolute atomic E-state index is 0.0159. The van der Waals surface area contributed by atoms with Crippen LogP contribution in [-0.4, -0.2) is 33.6 Å². The van der Waals surface area contributed by atoms with Gasteiger partial charge in [-0.2, -0.15) is 4.31 Å². The zero-order valence-electron chi connectivity index (χ0n) is 17.7. The number of hydrogen-bond acceptors (Lipinski definition) is 5. The Hall–Kier alpha value is -2.47. The molecule has 34 heavy (non-hydrogen) atoms. The summed E-state index contributed by atoms with van der Waals surface area (Å²) in [7, 11) is -8.00. The second-order valence-corrected chi connectivity index (χ2v) is 11.6. The van der Waals surface area contributed by atoms with Gasteiger partial charge in [-0.25, -0.2) is 22.0 Å². The molecular weight excluding hydrogens is 521 g/mol. The first-order chi connectivity index (χ1) is 16.0. The minimum atomic E-state index is -4.18. The van der Waals surface area contributed by atoms with Crippen molar-refractivity contribution in [2.45, 2.75) is 22.9 Å². The molecule has 0 spiro atoms. The molecule has 1 amide bonds. The topological polar surface area (TPSA) is 127 Å². The van der Waals surface area contributed by atoms with E-state index in [2.05, 4.69) is 5.32 Å². The summed E-state index contributed by atoms with van der Waals surface area (Å²) in [5.41, 5.74) is 1.28. The van der Waals surface area contributed by atoms with Crippen molar-refractivity contribution < 1.29 is 21.6 Å². The summed E-state index contributed by atoms with van der Waals surface area (Å²) >= 11 is 12.1. The summed E-state index contributed by atoms with van der Waals surface area (Å²) < 4.78 is 50.5. The predicted molar refractivity (Wildman–Crippen MR) is 130 cm³/mol. The van der Waals surface area contributed by atoms with E-state index < -0.39 is 32.5 Å². The van der Waals surface area contributed by atoms with Crippen molar-refractivity contribution >= 4 is 49.2 Å². The number of sulfonamides is 2. The number of nitrogens with zero attached hydrogens (tertiary/aromatic N) is 1. The third kappa shape index (κ3) is 6.78. The fraction of sp³-hybridized carbons (Fsp3) is 0.136. The van der Waals surface area contributed by atoms with Crippen LogP contribution in [-0.2, 0) is 37.9 Å². The standard InChI is InChI=1S/C22H21Cl2N3O5S2/c23-18-8-11-20(24)21(12-18)34(31,32)27(14-17-4-2-1-3-5-17)15-22(28)26-13-16-6-9-19(10-7-16)33(25,29)30/h1-12H,13-15H2,(H,26,28)(H2,25,29,30). The number of primary sulfonamides is 1. The van der Waals surface area contributed by atoms with Crippen LogP contribution in [0.4, 0.5) is 0 Å². The van der Waals surface area contributed by atoms with Crippen LogP contribution in [0.15, 0.2) is 82.6 Å². The van der Waals surface area contributed by atoms with Crippen LogP contribution >= 0.6 is 23.2 Å². The van der Waals surface area contributed by atoms with Crippen molar-refractivity contribution in [3.05, 3.63) is 94.0 Å². The quantitative estimate of drug-likeness (QED) is 0.430. The third-order valence-corrected chi connectivity index (χ3v) is 8.21. The smallest absolute Gasteiger partial charge is 0.245 e.